The summed E-state index contributed by atoms with van der Waals surface area (Å²) in [6.07, 6.45) is 3.76. The van der Waals surface area contributed by atoms with Crippen LogP contribution in [0.2, 0.25) is 0 Å². The summed E-state index contributed by atoms with van der Waals surface area (Å²) in [7, 11) is 0. The van der Waals surface area contributed by atoms with Crippen LogP contribution in [0.4, 0.5) is 0 Å². The zero-order valence-corrected chi connectivity index (χ0v) is 17.1. The summed E-state index contributed by atoms with van der Waals surface area (Å²) in [6, 6.07) is 5.12. The first-order valence-corrected chi connectivity index (χ1v) is 11.9. The first kappa shape index (κ1) is 18.2. The zero-order valence-electron chi connectivity index (χ0n) is 16.2. The lowest BCUT2D eigenvalue weighted by molar-refractivity contribution is 0.112. The van der Waals surface area contributed by atoms with Crippen molar-refractivity contribution in [3.8, 4) is 0 Å². The van der Waals surface area contributed by atoms with E-state index < -0.39 is 0 Å². The Morgan fingerprint density at radius 3 is 2.70 bits per heavy atom. The Hall–Kier alpha value is -0.820. The molecule has 0 spiro atoms. The Kier molecular flexibility index (Phi) is 5.33. The van der Waals surface area contributed by atoms with Gasteiger partial charge in [-0.05, 0) is 50.9 Å². The number of rotatable bonds is 3. The van der Waals surface area contributed by atoms with Crippen LogP contribution < -0.4 is 10.9 Å². The van der Waals surface area contributed by atoms with E-state index in [-0.39, 0.29) is 5.56 Å². The first-order valence-electron chi connectivity index (χ1n) is 10.8. The molecule has 5 rings (SSSR count). The monoisotopic (exact) mass is 388 g/mol. The molecule has 4 aliphatic rings. The minimum absolute atomic E-state index is 0.277. The molecule has 4 aliphatic heterocycles. The van der Waals surface area contributed by atoms with Gasteiger partial charge in [-0.15, -0.1) is 0 Å². The van der Waals surface area contributed by atoms with E-state index in [9.17, 15) is 4.79 Å². The molecule has 5 nitrogen and oxygen atoms in total. The van der Waals surface area contributed by atoms with Crippen molar-refractivity contribution in [3.63, 3.8) is 0 Å². The topological polar surface area (TPSA) is 40.5 Å². The molecule has 2 bridgehead atoms. The van der Waals surface area contributed by atoms with Crippen LogP contribution >= 0.6 is 11.8 Å². The van der Waals surface area contributed by atoms with Gasteiger partial charge in [-0.2, -0.15) is 11.8 Å². The smallest absolute Gasteiger partial charge is 0.255 e. The average molecular weight is 389 g/mol. The molecule has 5 heterocycles. The standard InChI is InChI=1S/C21H32N4OS/c26-21-17(1-2-20-18-11-16(12-22-13-18)14-25(20)21)15-23-5-3-19(4-6-23)24-7-9-27-10-8-24/h1-2,16,18-19,22H,3-15H2/t16-,18+/m0/s1. The molecular formula is C21H32N4OS. The van der Waals surface area contributed by atoms with Crippen molar-refractivity contribution in [1.29, 1.82) is 0 Å². The minimum Gasteiger partial charge on any atom is -0.316 e. The van der Waals surface area contributed by atoms with Gasteiger partial charge in [-0.3, -0.25) is 14.6 Å². The largest absolute Gasteiger partial charge is 0.316 e. The third kappa shape index (κ3) is 3.74. The number of thioether (sulfide) groups is 1. The van der Waals surface area contributed by atoms with Crippen molar-refractivity contribution in [2.24, 2.45) is 5.92 Å². The fraction of sp³-hybridized carbons (Fsp3) is 0.762. The molecule has 0 unspecified atom stereocenters. The second-order valence-electron chi connectivity index (χ2n) is 8.81. The summed E-state index contributed by atoms with van der Waals surface area (Å²) >= 11 is 2.09. The zero-order chi connectivity index (χ0) is 18.2. The summed E-state index contributed by atoms with van der Waals surface area (Å²) < 4.78 is 2.10. The molecule has 0 saturated carbocycles. The van der Waals surface area contributed by atoms with E-state index in [4.69, 9.17) is 0 Å². The van der Waals surface area contributed by atoms with Gasteiger partial charge in [0.05, 0.1) is 0 Å². The quantitative estimate of drug-likeness (QED) is 0.851. The lowest BCUT2D eigenvalue weighted by Gasteiger charge is -2.40. The molecule has 1 aromatic heterocycles. The number of hydrogen-bond acceptors (Lipinski definition) is 5. The van der Waals surface area contributed by atoms with Crippen molar-refractivity contribution < 1.29 is 0 Å². The summed E-state index contributed by atoms with van der Waals surface area (Å²) in [6.45, 7) is 8.61. The highest BCUT2D eigenvalue weighted by Crippen LogP contribution is 2.32. The normalized spacial score (nSPS) is 30.2. The highest BCUT2D eigenvalue weighted by molar-refractivity contribution is 7.99. The van der Waals surface area contributed by atoms with E-state index in [0.717, 1.165) is 50.9 Å². The Morgan fingerprint density at radius 1 is 1.07 bits per heavy atom. The fourth-order valence-electron chi connectivity index (χ4n) is 5.58. The second-order valence-corrected chi connectivity index (χ2v) is 10.0. The highest BCUT2D eigenvalue weighted by atomic mass is 32.2. The predicted octanol–water partition coefficient (Wildman–Crippen LogP) is 1.57. The van der Waals surface area contributed by atoms with Crippen LogP contribution in [0.15, 0.2) is 16.9 Å². The second kappa shape index (κ2) is 7.90. The Bertz CT molecular complexity index is 721. The third-order valence-electron chi connectivity index (χ3n) is 7.10. The molecule has 0 aromatic carbocycles. The lowest BCUT2D eigenvalue weighted by Crippen LogP contribution is -2.48. The van der Waals surface area contributed by atoms with Gasteiger partial charge in [0.25, 0.3) is 5.56 Å². The molecule has 3 fully saturated rings. The van der Waals surface area contributed by atoms with Crippen LogP contribution in [0.3, 0.4) is 0 Å². The minimum atomic E-state index is 0.277. The van der Waals surface area contributed by atoms with Crippen molar-refractivity contribution in [2.75, 3.05) is 50.8 Å². The molecule has 148 valence electrons. The van der Waals surface area contributed by atoms with Crippen molar-refractivity contribution in [1.82, 2.24) is 19.7 Å². The molecular weight excluding hydrogens is 356 g/mol. The Labute approximate surface area is 166 Å². The van der Waals surface area contributed by atoms with E-state index in [1.165, 1.54) is 49.6 Å². The number of aromatic nitrogens is 1. The maximum Gasteiger partial charge on any atom is 0.255 e. The van der Waals surface area contributed by atoms with Gasteiger partial charge >= 0.3 is 0 Å². The van der Waals surface area contributed by atoms with E-state index in [1.54, 1.807) is 0 Å². The third-order valence-corrected chi connectivity index (χ3v) is 8.04. The number of hydrogen-bond donors (Lipinski definition) is 1. The lowest BCUT2D eigenvalue weighted by atomic mass is 9.84. The molecule has 2 atom stereocenters. The fourth-order valence-corrected chi connectivity index (χ4v) is 6.51. The molecule has 27 heavy (non-hydrogen) atoms. The van der Waals surface area contributed by atoms with E-state index >= 15 is 0 Å². The SMILES string of the molecule is O=c1c(CN2CCC(N3CCSCC3)CC2)ccc2n1C[C@@H]1CNC[C@H]2C1. The van der Waals surface area contributed by atoms with Crippen LogP contribution in [0, 0.1) is 5.92 Å². The summed E-state index contributed by atoms with van der Waals surface area (Å²) in [5, 5.41) is 3.53. The van der Waals surface area contributed by atoms with Crippen molar-refractivity contribution in [2.45, 2.75) is 44.3 Å². The first-order chi connectivity index (χ1) is 13.3. The van der Waals surface area contributed by atoms with Crippen molar-refractivity contribution in [3.05, 3.63) is 33.7 Å². The van der Waals surface area contributed by atoms with E-state index in [0.29, 0.717) is 11.8 Å². The number of nitrogens with zero attached hydrogens (tertiary/aromatic N) is 3. The Morgan fingerprint density at radius 2 is 1.89 bits per heavy atom. The predicted molar refractivity (Wildman–Crippen MR) is 112 cm³/mol. The Balaban J connectivity index is 1.24. The van der Waals surface area contributed by atoms with E-state index in [2.05, 4.69) is 43.6 Å². The van der Waals surface area contributed by atoms with Gasteiger partial charge in [0.15, 0.2) is 0 Å². The van der Waals surface area contributed by atoms with Gasteiger partial charge in [0.2, 0.25) is 0 Å². The molecule has 0 amide bonds. The summed E-state index contributed by atoms with van der Waals surface area (Å²) in [5.41, 5.74) is 2.53. The van der Waals surface area contributed by atoms with E-state index in [1.807, 2.05) is 0 Å². The molecule has 3 saturated heterocycles. The van der Waals surface area contributed by atoms with Gasteiger partial charge < -0.3 is 9.88 Å². The van der Waals surface area contributed by atoms with Crippen molar-refractivity contribution >= 4 is 11.8 Å². The number of nitrogens with one attached hydrogen (secondary N) is 1. The molecule has 0 radical (unpaired) electrons. The van der Waals surface area contributed by atoms with Gasteiger partial charge in [0, 0.05) is 67.4 Å². The number of pyridine rings is 1. The number of fused-ring (bicyclic) bond motifs is 4. The van der Waals surface area contributed by atoms with Crippen LogP contribution in [-0.2, 0) is 13.1 Å². The van der Waals surface area contributed by atoms with Crippen LogP contribution in [-0.4, -0.2) is 71.2 Å². The maximum atomic E-state index is 13.1. The van der Waals surface area contributed by atoms with Gasteiger partial charge in [0.1, 0.15) is 0 Å². The number of likely N-dealkylation sites (tertiary alicyclic amines) is 1. The van der Waals surface area contributed by atoms with Crippen LogP contribution in [0.1, 0.15) is 36.4 Å². The molecule has 1 aromatic rings. The molecule has 6 heteroatoms. The van der Waals surface area contributed by atoms with Crippen LogP contribution in [0.5, 0.6) is 0 Å². The number of piperidine rings is 2. The van der Waals surface area contributed by atoms with Crippen LogP contribution in [0.25, 0.3) is 0 Å². The summed E-state index contributed by atoms with van der Waals surface area (Å²) in [4.78, 5) is 18.3. The molecule has 0 aliphatic carbocycles. The average Bonchev–Trinajstić information content (AvgIpc) is 2.72. The summed E-state index contributed by atoms with van der Waals surface area (Å²) in [5.74, 6) is 3.74. The van der Waals surface area contributed by atoms with Gasteiger partial charge in [-0.1, -0.05) is 6.07 Å². The molecule has 1 N–H and O–H groups in total. The highest BCUT2D eigenvalue weighted by Gasteiger charge is 2.32. The maximum absolute atomic E-state index is 13.1. The van der Waals surface area contributed by atoms with Gasteiger partial charge in [-0.25, -0.2) is 0 Å².